The number of nitrogens with one attached hydrogen (secondary N) is 2. The van der Waals surface area contributed by atoms with E-state index in [1.165, 1.54) is 41.1 Å². The van der Waals surface area contributed by atoms with Gasteiger partial charge in [0, 0.05) is 48.6 Å². The van der Waals surface area contributed by atoms with Gasteiger partial charge in [-0.1, -0.05) is 36.4 Å². The molecular formula is C43H35FN8O4. The summed E-state index contributed by atoms with van der Waals surface area (Å²) in [6.45, 7) is 0.731. The number of amides is 1. The molecule has 56 heavy (non-hydrogen) atoms. The molecule has 8 rings (SSSR count). The number of para-hydroxylation sites is 1. The molecule has 0 radical (unpaired) electrons. The van der Waals surface area contributed by atoms with Crippen molar-refractivity contribution in [1.29, 1.82) is 0 Å². The molecule has 0 atom stereocenters. The Hall–Kier alpha value is -7.38. The molecular weight excluding hydrogens is 712 g/mol. The van der Waals surface area contributed by atoms with Gasteiger partial charge in [-0.05, 0) is 104 Å². The molecule has 4 aromatic carbocycles. The van der Waals surface area contributed by atoms with Crippen LogP contribution in [0.3, 0.4) is 0 Å². The number of halogens is 1. The maximum absolute atomic E-state index is 13.5. The highest BCUT2D eigenvalue weighted by atomic mass is 19.1. The first-order valence-electron chi connectivity index (χ1n) is 17.6. The summed E-state index contributed by atoms with van der Waals surface area (Å²) in [6.07, 6.45) is 5.14. The van der Waals surface area contributed by atoms with Crippen LogP contribution in [0.2, 0.25) is 0 Å². The fourth-order valence-electron chi connectivity index (χ4n) is 6.35. The number of carbonyl (C=O) groups excluding carboxylic acids is 1. The van der Waals surface area contributed by atoms with Crippen LogP contribution < -0.4 is 20.9 Å². The fraction of sp³-hybridized carbons (Fsp3) is 0.0930. The minimum atomic E-state index is -0.600. The van der Waals surface area contributed by atoms with Crippen molar-refractivity contribution in [3.8, 4) is 39.8 Å². The topological polar surface area (TPSA) is 132 Å². The Morgan fingerprint density at radius 3 is 2.39 bits per heavy atom. The minimum Gasteiger partial charge on any atom is -0.438 e. The Bertz CT molecular complexity index is 2740. The molecule has 12 nitrogen and oxygen atoms in total. The lowest BCUT2D eigenvalue weighted by Gasteiger charge is -2.13. The summed E-state index contributed by atoms with van der Waals surface area (Å²) < 4.78 is 29.6. The molecule has 0 fully saturated rings. The van der Waals surface area contributed by atoms with Crippen molar-refractivity contribution < 1.29 is 18.3 Å². The van der Waals surface area contributed by atoms with E-state index in [-0.39, 0.29) is 17.4 Å². The zero-order valence-electron chi connectivity index (χ0n) is 30.6. The number of nitrogens with zero attached hydrogens (tertiary/aromatic N) is 6. The first kappa shape index (κ1) is 35.6. The fourth-order valence-corrected chi connectivity index (χ4v) is 6.35. The lowest BCUT2D eigenvalue weighted by atomic mass is 9.99. The van der Waals surface area contributed by atoms with Crippen LogP contribution in [-0.4, -0.2) is 49.2 Å². The third-order valence-corrected chi connectivity index (χ3v) is 8.85. The number of benzene rings is 4. The van der Waals surface area contributed by atoms with E-state index in [1.807, 2.05) is 69.8 Å². The quantitative estimate of drug-likeness (QED) is 0.134. The van der Waals surface area contributed by atoms with Gasteiger partial charge in [-0.15, -0.1) is 0 Å². The number of ether oxygens (including phenoxy) is 1. The van der Waals surface area contributed by atoms with E-state index in [4.69, 9.17) is 19.1 Å². The summed E-state index contributed by atoms with van der Waals surface area (Å²) in [6, 6.07) is 32.9. The van der Waals surface area contributed by atoms with Gasteiger partial charge in [-0.3, -0.25) is 18.8 Å². The number of carbonyl (C=O) groups is 1. The molecule has 2 N–H and O–H groups in total. The molecule has 278 valence electrons. The maximum atomic E-state index is 13.5. The Morgan fingerprint density at radius 1 is 0.875 bits per heavy atom. The number of aromatic nitrogens is 5. The van der Waals surface area contributed by atoms with Crippen LogP contribution in [-0.2, 0) is 13.6 Å². The normalized spacial score (nSPS) is 11.2. The maximum Gasteiger partial charge on any atom is 0.267 e. The molecule has 0 bridgehead atoms. The second-order valence-corrected chi connectivity index (χ2v) is 13.3. The number of furan rings is 1. The number of anilines is 3. The number of aryl methyl sites for hydroxylation is 1. The summed E-state index contributed by atoms with van der Waals surface area (Å²) in [5.74, 6) is 0.448. The standard InChI is InChI=1S/C43H35FN8O4/c1-50(2)25-27-9-7-10-28(23-27)36-37-40(48-43(47-31-11-5-4-6-12-31)49-41(37)56-38(36)29-24-45-51(3)26-29)55-34-20-16-32(17-21-34)46-39(53)35-13-8-22-52(42(35)54)33-18-14-30(44)15-19-33/h4-24,26H,25H2,1-3H3,(H,46,53)(H,47,48,49). The van der Waals surface area contributed by atoms with Gasteiger partial charge in [0.25, 0.3) is 11.5 Å². The smallest absolute Gasteiger partial charge is 0.267 e. The lowest BCUT2D eigenvalue weighted by molar-refractivity contribution is 0.102. The monoisotopic (exact) mass is 746 g/mol. The van der Waals surface area contributed by atoms with Crippen LogP contribution in [0.15, 0.2) is 143 Å². The van der Waals surface area contributed by atoms with E-state index in [9.17, 15) is 14.0 Å². The van der Waals surface area contributed by atoms with Crippen molar-refractivity contribution in [3.63, 3.8) is 0 Å². The number of fused-ring (bicyclic) bond motifs is 1. The van der Waals surface area contributed by atoms with Crippen molar-refractivity contribution in [2.75, 3.05) is 24.7 Å². The van der Waals surface area contributed by atoms with E-state index in [0.29, 0.717) is 34.0 Å². The second kappa shape index (κ2) is 15.2. The Morgan fingerprint density at radius 2 is 1.66 bits per heavy atom. The average molecular weight is 747 g/mol. The highest BCUT2D eigenvalue weighted by Gasteiger charge is 2.26. The van der Waals surface area contributed by atoms with Gasteiger partial charge in [0.05, 0.1) is 11.8 Å². The molecule has 0 unspecified atom stereocenters. The van der Waals surface area contributed by atoms with Gasteiger partial charge in [0.2, 0.25) is 17.5 Å². The van der Waals surface area contributed by atoms with Gasteiger partial charge in [0.15, 0.2) is 0 Å². The van der Waals surface area contributed by atoms with Crippen molar-refractivity contribution in [2.45, 2.75) is 6.54 Å². The SMILES string of the molecule is CN(C)Cc1cccc(-c2c(-c3cnn(C)c3)oc3nc(Nc4ccccc4)nc(Oc4ccc(NC(=O)c5cccn(-c6ccc(F)cc6)c5=O)cc4)c23)c1. The van der Waals surface area contributed by atoms with E-state index in [1.54, 1.807) is 41.2 Å². The van der Waals surface area contributed by atoms with Crippen molar-refractivity contribution in [3.05, 3.63) is 161 Å². The third-order valence-electron chi connectivity index (χ3n) is 8.85. The van der Waals surface area contributed by atoms with Crippen LogP contribution in [0, 0.1) is 5.82 Å². The summed E-state index contributed by atoms with van der Waals surface area (Å²) >= 11 is 0. The van der Waals surface area contributed by atoms with Crippen LogP contribution in [0.25, 0.3) is 39.2 Å². The first-order valence-corrected chi connectivity index (χ1v) is 17.6. The molecule has 0 saturated carbocycles. The predicted molar refractivity (Wildman–Crippen MR) is 213 cm³/mol. The number of hydrogen-bond donors (Lipinski definition) is 2. The van der Waals surface area contributed by atoms with E-state index < -0.39 is 17.3 Å². The van der Waals surface area contributed by atoms with E-state index in [2.05, 4.69) is 32.8 Å². The Labute approximate surface area is 320 Å². The molecule has 0 aliphatic rings. The van der Waals surface area contributed by atoms with Crippen LogP contribution >= 0.6 is 0 Å². The van der Waals surface area contributed by atoms with Crippen molar-refractivity contribution in [2.24, 2.45) is 7.05 Å². The number of hydrogen-bond acceptors (Lipinski definition) is 9. The summed E-state index contributed by atoms with van der Waals surface area (Å²) in [4.78, 5) is 38.3. The highest BCUT2D eigenvalue weighted by Crippen LogP contribution is 2.45. The second-order valence-electron chi connectivity index (χ2n) is 13.3. The van der Waals surface area contributed by atoms with Gasteiger partial charge < -0.3 is 24.7 Å². The van der Waals surface area contributed by atoms with E-state index >= 15 is 0 Å². The molecule has 8 aromatic rings. The summed E-state index contributed by atoms with van der Waals surface area (Å²) in [5, 5.41) is 11.0. The largest absolute Gasteiger partial charge is 0.438 e. The van der Waals surface area contributed by atoms with Gasteiger partial charge in [-0.25, -0.2) is 4.39 Å². The van der Waals surface area contributed by atoms with E-state index in [0.717, 1.165) is 34.5 Å². The van der Waals surface area contributed by atoms with Gasteiger partial charge in [0.1, 0.15) is 28.3 Å². The van der Waals surface area contributed by atoms with Crippen LogP contribution in [0.4, 0.5) is 21.7 Å². The lowest BCUT2D eigenvalue weighted by Crippen LogP contribution is -2.27. The zero-order valence-corrected chi connectivity index (χ0v) is 30.6. The number of pyridine rings is 1. The summed E-state index contributed by atoms with van der Waals surface area (Å²) in [7, 11) is 5.88. The Kier molecular flexibility index (Phi) is 9.65. The molecule has 4 heterocycles. The minimum absolute atomic E-state index is 0.0782. The molecule has 4 aromatic heterocycles. The predicted octanol–water partition coefficient (Wildman–Crippen LogP) is 8.43. The average Bonchev–Trinajstić information content (AvgIpc) is 3.80. The number of rotatable bonds is 11. The van der Waals surface area contributed by atoms with Gasteiger partial charge in [-0.2, -0.15) is 15.1 Å². The molecule has 13 heteroatoms. The molecule has 1 amide bonds. The first-order chi connectivity index (χ1) is 27.2. The van der Waals surface area contributed by atoms with Crippen LogP contribution in [0.5, 0.6) is 11.6 Å². The zero-order chi connectivity index (χ0) is 38.8. The molecule has 0 saturated heterocycles. The highest BCUT2D eigenvalue weighted by molar-refractivity contribution is 6.05. The van der Waals surface area contributed by atoms with Crippen LogP contribution in [0.1, 0.15) is 15.9 Å². The van der Waals surface area contributed by atoms with Crippen molar-refractivity contribution >= 4 is 34.3 Å². The van der Waals surface area contributed by atoms with Crippen molar-refractivity contribution in [1.82, 2.24) is 29.2 Å². The molecule has 0 aliphatic carbocycles. The molecule has 0 aliphatic heterocycles. The third kappa shape index (κ3) is 7.52. The molecule has 0 spiro atoms. The summed E-state index contributed by atoms with van der Waals surface area (Å²) in [5.41, 5.74) is 4.81. The Balaban J connectivity index is 1.16. The van der Waals surface area contributed by atoms with Gasteiger partial charge >= 0.3 is 0 Å².